The van der Waals surface area contributed by atoms with Gasteiger partial charge >= 0.3 is 0 Å². The van der Waals surface area contributed by atoms with Gasteiger partial charge in [-0.1, -0.05) is 40.9 Å². The number of rotatable bonds is 8. The molecule has 1 N–H and O–H groups in total. The van der Waals surface area contributed by atoms with Crippen LogP contribution in [0.1, 0.15) is 18.4 Å². The second kappa shape index (κ2) is 10.9. The average molecular weight is 506 g/mol. The van der Waals surface area contributed by atoms with Crippen LogP contribution in [0.5, 0.6) is 5.75 Å². The quantitative estimate of drug-likeness (QED) is 0.540. The number of carbonyl (C=O) groups excluding carboxylic acids is 1. The molecule has 1 unspecified atom stereocenters. The molecule has 31 heavy (non-hydrogen) atoms. The molecule has 1 aliphatic heterocycles. The van der Waals surface area contributed by atoms with Gasteiger partial charge in [-0.2, -0.15) is 0 Å². The Hall–Kier alpha value is -1.51. The number of carbonyl (C=O) groups is 1. The first kappa shape index (κ1) is 24.1. The Labute approximate surface area is 197 Å². The molecule has 2 aromatic carbocycles. The lowest BCUT2D eigenvalue weighted by molar-refractivity contribution is -0.126. The standard InChI is InChI=1S/C21H23Cl3N2O4S/c22-16-6-8-17(9-7-16)30-12-10-25-21(27)15-3-2-11-26(13-15)31(28,29)14-18-19(23)4-1-5-20(18)24/h1,4-9,15H,2-3,10-14H2,(H,25,27). The molecule has 10 heteroatoms. The Morgan fingerprint density at radius 1 is 1.10 bits per heavy atom. The first-order valence-corrected chi connectivity index (χ1v) is 12.6. The summed E-state index contributed by atoms with van der Waals surface area (Å²) in [6, 6.07) is 11.8. The van der Waals surface area contributed by atoms with Crippen molar-refractivity contribution in [3.63, 3.8) is 0 Å². The van der Waals surface area contributed by atoms with Crippen LogP contribution < -0.4 is 10.1 Å². The summed E-state index contributed by atoms with van der Waals surface area (Å²) in [4.78, 5) is 12.5. The maximum Gasteiger partial charge on any atom is 0.224 e. The molecule has 0 saturated carbocycles. The van der Waals surface area contributed by atoms with E-state index in [1.54, 1.807) is 42.5 Å². The van der Waals surface area contributed by atoms with E-state index in [9.17, 15) is 13.2 Å². The van der Waals surface area contributed by atoms with E-state index in [-0.39, 0.29) is 18.2 Å². The van der Waals surface area contributed by atoms with Crippen LogP contribution in [0.15, 0.2) is 42.5 Å². The van der Waals surface area contributed by atoms with E-state index in [1.165, 1.54) is 4.31 Å². The summed E-state index contributed by atoms with van der Waals surface area (Å²) in [5.41, 5.74) is 0.372. The first-order chi connectivity index (χ1) is 14.8. The van der Waals surface area contributed by atoms with E-state index in [0.717, 1.165) is 0 Å². The Balaban J connectivity index is 1.51. The molecule has 0 radical (unpaired) electrons. The number of amides is 1. The number of halogens is 3. The minimum absolute atomic E-state index is 0.133. The normalized spacial score (nSPS) is 17.3. The number of ether oxygens (including phenoxy) is 1. The number of piperidine rings is 1. The SMILES string of the molecule is O=C(NCCOc1ccc(Cl)cc1)C1CCCN(S(=O)(=O)Cc2c(Cl)cccc2Cl)C1. The van der Waals surface area contributed by atoms with Crippen LogP contribution in [0.3, 0.4) is 0 Å². The summed E-state index contributed by atoms with van der Waals surface area (Å²) in [6.45, 7) is 1.12. The lowest BCUT2D eigenvalue weighted by Gasteiger charge is -2.31. The summed E-state index contributed by atoms with van der Waals surface area (Å²) in [5.74, 6) is -0.239. The van der Waals surface area contributed by atoms with Crippen LogP contribution in [-0.2, 0) is 20.6 Å². The predicted octanol–water partition coefficient (Wildman–Crippen LogP) is 4.38. The molecule has 0 bridgehead atoms. The van der Waals surface area contributed by atoms with E-state index >= 15 is 0 Å². The average Bonchev–Trinajstić information content (AvgIpc) is 2.75. The molecule has 1 amide bonds. The van der Waals surface area contributed by atoms with Gasteiger partial charge in [-0.15, -0.1) is 0 Å². The zero-order chi connectivity index (χ0) is 22.4. The van der Waals surface area contributed by atoms with Crippen molar-refractivity contribution in [1.29, 1.82) is 0 Å². The maximum atomic E-state index is 12.9. The van der Waals surface area contributed by atoms with Gasteiger partial charge in [0.25, 0.3) is 0 Å². The summed E-state index contributed by atoms with van der Waals surface area (Å²) in [6.07, 6.45) is 1.23. The molecule has 1 atom stereocenters. The lowest BCUT2D eigenvalue weighted by atomic mass is 9.99. The van der Waals surface area contributed by atoms with Gasteiger partial charge in [0.05, 0.1) is 18.2 Å². The van der Waals surface area contributed by atoms with Crippen molar-refractivity contribution in [3.05, 3.63) is 63.1 Å². The number of benzene rings is 2. The monoisotopic (exact) mass is 504 g/mol. The smallest absolute Gasteiger partial charge is 0.224 e. The number of sulfonamides is 1. The lowest BCUT2D eigenvalue weighted by Crippen LogP contribution is -2.46. The van der Waals surface area contributed by atoms with Crippen molar-refractivity contribution < 1.29 is 17.9 Å². The van der Waals surface area contributed by atoms with Crippen LogP contribution >= 0.6 is 34.8 Å². The highest BCUT2D eigenvalue weighted by Crippen LogP contribution is 2.29. The summed E-state index contributed by atoms with van der Waals surface area (Å²) >= 11 is 18.1. The molecule has 168 valence electrons. The van der Waals surface area contributed by atoms with Crippen molar-refractivity contribution in [2.24, 2.45) is 5.92 Å². The van der Waals surface area contributed by atoms with E-state index < -0.39 is 15.9 Å². The zero-order valence-electron chi connectivity index (χ0n) is 16.7. The molecule has 0 spiro atoms. The molecule has 6 nitrogen and oxygen atoms in total. The summed E-state index contributed by atoms with van der Waals surface area (Å²) < 4.78 is 32.7. The molecule has 1 aliphatic rings. The third kappa shape index (κ3) is 6.73. The topological polar surface area (TPSA) is 75.7 Å². The molecular weight excluding hydrogens is 483 g/mol. The van der Waals surface area contributed by atoms with Crippen molar-refractivity contribution >= 4 is 50.7 Å². The molecule has 0 aliphatic carbocycles. The minimum atomic E-state index is -3.66. The van der Waals surface area contributed by atoms with Gasteiger partial charge in [0.1, 0.15) is 12.4 Å². The number of hydrogen-bond acceptors (Lipinski definition) is 4. The number of hydrogen-bond donors (Lipinski definition) is 1. The van der Waals surface area contributed by atoms with Gasteiger partial charge in [-0.25, -0.2) is 12.7 Å². The highest BCUT2D eigenvalue weighted by Gasteiger charge is 2.33. The van der Waals surface area contributed by atoms with E-state index in [1.807, 2.05) is 0 Å². The molecule has 1 fully saturated rings. The van der Waals surface area contributed by atoms with Crippen molar-refractivity contribution in [1.82, 2.24) is 9.62 Å². The fraction of sp³-hybridized carbons (Fsp3) is 0.381. The van der Waals surface area contributed by atoms with Gasteiger partial charge in [0, 0.05) is 33.7 Å². The number of nitrogens with one attached hydrogen (secondary N) is 1. The van der Waals surface area contributed by atoms with Gasteiger partial charge in [0.2, 0.25) is 15.9 Å². The van der Waals surface area contributed by atoms with Crippen molar-refractivity contribution in [2.45, 2.75) is 18.6 Å². The van der Waals surface area contributed by atoms with E-state index in [4.69, 9.17) is 39.5 Å². The zero-order valence-corrected chi connectivity index (χ0v) is 19.8. The Bertz CT molecular complexity index is 996. The summed E-state index contributed by atoms with van der Waals surface area (Å²) in [7, 11) is -3.66. The molecule has 2 aromatic rings. The molecule has 1 saturated heterocycles. The van der Waals surface area contributed by atoms with Gasteiger partial charge in [0.15, 0.2) is 0 Å². The fourth-order valence-corrected chi connectivity index (χ4v) is 5.86. The molecular formula is C21H23Cl3N2O4S. The van der Waals surface area contributed by atoms with Gasteiger partial charge in [-0.3, -0.25) is 4.79 Å². The Morgan fingerprint density at radius 2 is 1.77 bits per heavy atom. The highest BCUT2D eigenvalue weighted by atomic mass is 35.5. The van der Waals surface area contributed by atoms with Gasteiger partial charge in [-0.05, 0) is 49.2 Å². The second-order valence-electron chi connectivity index (χ2n) is 7.25. The minimum Gasteiger partial charge on any atom is -0.492 e. The molecule has 1 heterocycles. The second-order valence-corrected chi connectivity index (χ2v) is 10.5. The van der Waals surface area contributed by atoms with Crippen molar-refractivity contribution in [3.8, 4) is 5.75 Å². The van der Waals surface area contributed by atoms with E-state index in [2.05, 4.69) is 5.32 Å². The van der Waals surface area contributed by atoms with Crippen LogP contribution in [-0.4, -0.2) is 44.9 Å². The van der Waals surface area contributed by atoms with Crippen molar-refractivity contribution in [2.75, 3.05) is 26.2 Å². The van der Waals surface area contributed by atoms with Gasteiger partial charge < -0.3 is 10.1 Å². The first-order valence-electron chi connectivity index (χ1n) is 9.83. The fourth-order valence-electron chi connectivity index (χ4n) is 3.37. The Kier molecular flexibility index (Phi) is 8.47. The third-order valence-electron chi connectivity index (χ3n) is 5.02. The largest absolute Gasteiger partial charge is 0.492 e. The summed E-state index contributed by atoms with van der Waals surface area (Å²) in [5, 5.41) is 4.06. The molecule has 3 rings (SSSR count). The van der Waals surface area contributed by atoms with Crippen LogP contribution in [0.4, 0.5) is 0 Å². The van der Waals surface area contributed by atoms with E-state index in [0.29, 0.717) is 58.9 Å². The number of nitrogens with zero attached hydrogens (tertiary/aromatic N) is 1. The predicted molar refractivity (Wildman–Crippen MR) is 123 cm³/mol. The molecule has 0 aromatic heterocycles. The Morgan fingerprint density at radius 3 is 2.45 bits per heavy atom. The van der Waals surface area contributed by atoms with Crippen LogP contribution in [0.25, 0.3) is 0 Å². The maximum absolute atomic E-state index is 12.9. The van der Waals surface area contributed by atoms with Crippen LogP contribution in [0, 0.1) is 5.92 Å². The third-order valence-corrected chi connectivity index (χ3v) is 7.75. The van der Waals surface area contributed by atoms with Crippen LogP contribution in [0.2, 0.25) is 15.1 Å². The highest BCUT2D eigenvalue weighted by molar-refractivity contribution is 7.88.